The lowest BCUT2D eigenvalue weighted by atomic mass is 9.97. The monoisotopic (exact) mass is 265 g/mol. The largest absolute Gasteiger partial charge is 0.395 e. The van der Waals surface area contributed by atoms with Crippen LogP contribution in [0, 0.1) is 0 Å². The fraction of sp³-hybridized carbons (Fsp3) is 0.600. The van der Waals surface area contributed by atoms with Crippen molar-refractivity contribution in [3.05, 3.63) is 35.4 Å². The van der Waals surface area contributed by atoms with E-state index in [1.807, 2.05) is 4.90 Å². The normalized spacial score (nSPS) is 28.5. The van der Waals surface area contributed by atoms with E-state index in [0.717, 1.165) is 6.42 Å². The molecule has 4 nitrogen and oxygen atoms in total. The van der Waals surface area contributed by atoms with Crippen molar-refractivity contribution in [3.8, 4) is 0 Å². The van der Waals surface area contributed by atoms with Crippen LogP contribution in [0.2, 0.25) is 0 Å². The lowest BCUT2D eigenvalue weighted by Crippen LogP contribution is -2.53. The van der Waals surface area contributed by atoms with Crippen LogP contribution in [0.5, 0.6) is 0 Å². The smallest absolute Gasteiger partial charge is 0.0926 e. The topological polar surface area (TPSA) is 63.9 Å². The molecular formula is C15H23NO3. The third kappa shape index (κ3) is 3.54. The van der Waals surface area contributed by atoms with Crippen molar-refractivity contribution in [3.63, 3.8) is 0 Å². The van der Waals surface area contributed by atoms with Gasteiger partial charge in [0.25, 0.3) is 0 Å². The summed E-state index contributed by atoms with van der Waals surface area (Å²) in [5.41, 5.74) is 2.47. The maximum absolute atomic E-state index is 9.75. The highest BCUT2D eigenvalue weighted by Gasteiger charge is 2.32. The Morgan fingerprint density at radius 3 is 2.32 bits per heavy atom. The van der Waals surface area contributed by atoms with Gasteiger partial charge in [0, 0.05) is 19.1 Å². The van der Waals surface area contributed by atoms with Gasteiger partial charge in [0.15, 0.2) is 0 Å². The van der Waals surface area contributed by atoms with Crippen LogP contribution in [-0.2, 0) is 13.0 Å². The zero-order chi connectivity index (χ0) is 13.8. The fourth-order valence-electron chi connectivity index (χ4n) is 2.59. The number of piperidine rings is 1. The lowest BCUT2D eigenvalue weighted by molar-refractivity contribution is -0.0735. The molecule has 0 amide bonds. The Kier molecular flexibility index (Phi) is 4.93. The summed E-state index contributed by atoms with van der Waals surface area (Å²) in [5, 5.41) is 28.8. The van der Waals surface area contributed by atoms with Crippen molar-refractivity contribution in [1.82, 2.24) is 4.90 Å². The highest BCUT2D eigenvalue weighted by Crippen LogP contribution is 2.20. The van der Waals surface area contributed by atoms with Crippen molar-refractivity contribution in [2.45, 2.75) is 44.6 Å². The Labute approximate surface area is 114 Å². The Morgan fingerprint density at radius 2 is 1.74 bits per heavy atom. The molecule has 0 aliphatic carbocycles. The molecule has 4 heteroatoms. The van der Waals surface area contributed by atoms with Crippen LogP contribution in [-0.4, -0.2) is 51.6 Å². The fourth-order valence-corrected chi connectivity index (χ4v) is 2.59. The number of aryl methyl sites for hydroxylation is 1. The van der Waals surface area contributed by atoms with Crippen LogP contribution >= 0.6 is 0 Å². The highest BCUT2D eigenvalue weighted by molar-refractivity contribution is 5.22. The third-order valence-electron chi connectivity index (χ3n) is 3.92. The number of nitrogens with zero attached hydrogens (tertiary/aromatic N) is 1. The average Bonchev–Trinajstić information content (AvgIpc) is 2.43. The van der Waals surface area contributed by atoms with Gasteiger partial charge in [-0.3, -0.25) is 4.90 Å². The van der Waals surface area contributed by atoms with E-state index in [-0.39, 0.29) is 12.6 Å². The number of aliphatic hydroxyl groups is 3. The molecule has 1 aliphatic heterocycles. The van der Waals surface area contributed by atoms with E-state index in [1.165, 1.54) is 11.1 Å². The zero-order valence-electron chi connectivity index (χ0n) is 11.4. The summed E-state index contributed by atoms with van der Waals surface area (Å²) in [5.74, 6) is 0. The van der Waals surface area contributed by atoms with Gasteiger partial charge >= 0.3 is 0 Å². The molecular weight excluding hydrogens is 242 g/mol. The van der Waals surface area contributed by atoms with Crippen molar-refractivity contribution < 1.29 is 15.3 Å². The van der Waals surface area contributed by atoms with E-state index in [1.54, 1.807) is 0 Å². The Balaban J connectivity index is 2.03. The van der Waals surface area contributed by atoms with Crippen molar-refractivity contribution in [2.75, 3.05) is 13.2 Å². The van der Waals surface area contributed by atoms with E-state index in [2.05, 4.69) is 31.2 Å². The first kappa shape index (κ1) is 14.5. The SMILES string of the molecule is CCc1ccc(CN2C[C@H](O)[C@@H](O)CC2CO)cc1. The minimum atomic E-state index is -0.726. The second-order valence-corrected chi connectivity index (χ2v) is 5.31. The summed E-state index contributed by atoms with van der Waals surface area (Å²) in [6.07, 6.45) is -0.00706. The van der Waals surface area contributed by atoms with Gasteiger partial charge in [0.2, 0.25) is 0 Å². The van der Waals surface area contributed by atoms with Gasteiger partial charge in [-0.2, -0.15) is 0 Å². The molecule has 1 fully saturated rings. The molecule has 19 heavy (non-hydrogen) atoms. The van der Waals surface area contributed by atoms with Crippen LogP contribution in [0.15, 0.2) is 24.3 Å². The van der Waals surface area contributed by atoms with Crippen LogP contribution in [0.25, 0.3) is 0 Å². The number of aliphatic hydroxyl groups excluding tert-OH is 3. The van der Waals surface area contributed by atoms with Crippen LogP contribution in [0.4, 0.5) is 0 Å². The summed E-state index contributed by atoms with van der Waals surface area (Å²) in [7, 11) is 0. The number of hydrogen-bond acceptors (Lipinski definition) is 4. The number of benzene rings is 1. The Morgan fingerprint density at radius 1 is 1.11 bits per heavy atom. The number of hydrogen-bond donors (Lipinski definition) is 3. The Bertz CT molecular complexity index is 393. The van der Waals surface area contributed by atoms with Gasteiger partial charge in [-0.25, -0.2) is 0 Å². The van der Waals surface area contributed by atoms with Gasteiger partial charge in [-0.1, -0.05) is 31.2 Å². The summed E-state index contributed by atoms with van der Waals surface area (Å²) in [6, 6.07) is 8.32. The molecule has 0 radical (unpaired) electrons. The first-order valence-electron chi connectivity index (χ1n) is 6.93. The molecule has 2 rings (SSSR count). The third-order valence-corrected chi connectivity index (χ3v) is 3.92. The molecule has 106 valence electrons. The summed E-state index contributed by atoms with van der Waals surface area (Å²) >= 11 is 0. The summed E-state index contributed by atoms with van der Waals surface area (Å²) in [4.78, 5) is 2.04. The Hall–Kier alpha value is -0.940. The second kappa shape index (κ2) is 6.48. The number of rotatable bonds is 4. The van der Waals surface area contributed by atoms with Crippen LogP contribution < -0.4 is 0 Å². The average molecular weight is 265 g/mol. The summed E-state index contributed by atoms with van der Waals surface area (Å²) < 4.78 is 0. The molecule has 0 aromatic heterocycles. The molecule has 0 saturated carbocycles. The molecule has 0 bridgehead atoms. The van der Waals surface area contributed by atoms with Gasteiger partial charge in [-0.15, -0.1) is 0 Å². The predicted octanol–water partition coefficient (Wildman–Crippen LogP) is 0.537. The van der Waals surface area contributed by atoms with E-state index < -0.39 is 12.2 Å². The van der Waals surface area contributed by atoms with Crippen LogP contribution in [0.1, 0.15) is 24.5 Å². The molecule has 3 N–H and O–H groups in total. The highest BCUT2D eigenvalue weighted by atomic mass is 16.3. The van der Waals surface area contributed by atoms with Gasteiger partial charge < -0.3 is 15.3 Å². The van der Waals surface area contributed by atoms with E-state index in [0.29, 0.717) is 19.5 Å². The zero-order valence-corrected chi connectivity index (χ0v) is 11.4. The quantitative estimate of drug-likeness (QED) is 0.743. The second-order valence-electron chi connectivity index (χ2n) is 5.31. The number of β-amino-alcohol motifs (C(OH)–C–C–N with tert-alkyl or cyclic N) is 1. The molecule has 1 aromatic rings. The first-order chi connectivity index (χ1) is 9.13. The van der Waals surface area contributed by atoms with Crippen LogP contribution in [0.3, 0.4) is 0 Å². The number of likely N-dealkylation sites (tertiary alicyclic amines) is 1. The van der Waals surface area contributed by atoms with Crippen molar-refractivity contribution >= 4 is 0 Å². The minimum absolute atomic E-state index is 0.0107. The molecule has 1 saturated heterocycles. The standard InChI is InChI=1S/C15H23NO3/c1-2-11-3-5-12(6-4-11)8-16-9-15(19)14(18)7-13(16)10-17/h3-6,13-15,17-19H,2,7-10H2,1H3/t13?,14-,15-/m0/s1. The maximum atomic E-state index is 9.75. The molecule has 1 unspecified atom stereocenters. The van der Waals surface area contributed by atoms with Crippen molar-refractivity contribution in [2.24, 2.45) is 0 Å². The van der Waals surface area contributed by atoms with Gasteiger partial charge in [0.05, 0.1) is 18.8 Å². The van der Waals surface area contributed by atoms with E-state index in [9.17, 15) is 15.3 Å². The molecule has 1 heterocycles. The predicted molar refractivity (Wildman–Crippen MR) is 73.7 cm³/mol. The first-order valence-corrected chi connectivity index (χ1v) is 6.93. The lowest BCUT2D eigenvalue weighted by Gasteiger charge is -2.39. The molecule has 3 atom stereocenters. The molecule has 0 spiro atoms. The van der Waals surface area contributed by atoms with Gasteiger partial charge in [0.1, 0.15) is 0 Å². The van der Waals surface area contributed by atoms with Gasteiger partial charge in [-0.05, 0) is 24.0 Å². The summed E-state index contributed by atoms with van der Waals surface area (Å²) in [6.45, 7) is 3.23. The maximum Gasteiger partial charge on any atom is 0.0926 e. The molecule has 1 aromatic carbocycles. The van der Waals surface area contributed by atoms with E-state index in [4.69, 9.17) is 0 Å². The molecule has 1 aliphatic rings. The van der Waals surface area contributed by atoms with E-state index >= 15 is 0 Å². The van der Waals surface area contributed by atoms with Crippen molar-refractivity contribution in [1.29, 1.82) is 0 Å². The minimum Gasteiger partial charge on any atom is -0.395 e.